The van der Waals surface area contributed by atoms with Gasteiger partial charge >= 0.3 is 0 Å². The van der Waals surface area contributed by atoms with Crippen LogP contribution in [0.3, 0.4) is 0 Å². The number of aliphatic hydroxyl groups is 2. The molecule has 0 spiro atoms. The maximum Gasteiger partial charge on any atom is 0.0581 e. The monoisotopic (exact) mass is 214 g/mol. The third-order valence-corrected chi connectivity index (χ3v) is 2.48. The summed E-state index contributed by atoms with van der Waals surface area (Å²) in [5.41, 5.74) is 0.958. The van der Waals surface area contributed by atoms with E-state index in [4.69, 9.17) is 16.7 Å². The molecular weight excluding hydrogens is 200 g/mol. The van der Waals surface area contributed by atoms with Gasteiger partial charge in [0.1, 0.15) is 0 Å². The molecular formula is C11H15ClO2. The van der Waals surface area contributed by atoms with Crippen LogP contribution in [0.25, 0.3) is 0 Å². The molecule has 0 saturated heterocycles. The molecule has 14 heavy (non-hydrogen) atoms. The summed E-state index contributed by atoms with van der Waals surface area (Å²) in [6.45, 7) is 0.125. The van der Waals surface area contributed by atoms with Crippen LogP contribution in [0.5, 0.6) is 0 Å². The molecule has 1 rings (SSSR count). The molecule has 78 valence electrons. The largest absolute Gasteiger partial charge is 0.396 e. The van der Waals surface area contributed by atoms with Gasteiger partial charge in [0.2, 0.25) is 0 Å². The fraction of sp³-hybridized carbons (Fsp3) is 0.455. The van der Waals surface area contributed by atoms with Crippen molar-refractivity contribution in [3.05, 3.63) is 34.9 Å². The van der Waals surface area contributed by atoms with Crippen molar-refractivity contribution in [1.82, 2.24) is 0 Å². The van der Waals surface area contributed by atoms with Crippen molar-refractivity contribution in [2.24, 2.45) is 0 Å². The van der Waals surface area contributed by atoms with E-state index in [0.29, 0.717) is 24.3 Å². The molecule has 1 aromatic rings. The van der Waals surface area contributed by atoms with Crippen molar-refractivity contribution in [3.8, 4) is 0 Å². The van der Waals surface area contributed by atoms with Crippen molar-refractivity contribution < 1.29 is 10.2 Å². The highest BCUT2D eigenvalue weighted by Gasteiger charge is 2.07. The smallest absolute Gasteiger partial charge is 0.0581 e. The summed E-state index contributed by atoms with van der Waals surface area (Å²) in [7, 11) is 0. The second-order valence-electron chi connectivity index (χ2n) is 3.32. The fourth-order valence-corrected chi connectivity index (χ4v) is 1.56. The number of rotatable bonds is 5. The lowest BCUT2D eigenvalue weighted by atomic mass is 10.0. The molecule has 0 aromatic heterocycles. The van der Waals surface area contributed by atoms with Crippen LogP contribution >= 0.6 is 11.6 Å². The van der Waals surface area contributed by atoms with Crippen LogP contribution < -0.4 is 0 Å². The van der Waals surface area contributed by atoms with Gasteiger partial charge in [-0.1, -0.05) is 29.8 Å². The minimum atomic E-state index is -0.415. The van der Waals surface area contributed by atoms with E-state index in [9.17, 15) is 5.11 Å². The Bertz CT molecular complexity index is 276. The first kappa shape index (κ1) is 11.5. The van der Waals surface area contributed by atoms with E-state index in [-0.39, 0.29) is 6.61 Å². The Morgan fingerprint density at radius 3 is 2.64 bits per heavy atom. The molecule has 0 fully saturated rings. The van der Waals surface area contributed by atoms with Crippen LogP contribution in [-0.4, -0.2) is 22.9 Å². The van der Waals surface area contributed by atoms with Crippen LogP contribution in [0.2, 0.25) is 5.02 Å². The minimum absolute atomic E-state index is 0.125. The summed E-state index contributed by atoms with van der Waals surface area (Å²) in [4.78, 5) is 0. The van der Waals surface area contributed by atoms with Crippen LogP contribution in [0.1, 0.15) is 18.4 Å². The molecule has 2 nitrogen and oxygen atoms in total. The molecule has 0 heterocycles. The standard InChI is InChI=1S/C11H15ClO2/c12-11-6-2-1-4-9(11)8-10(14)5-3-7-13/h1-2,4,6,10,13-14H,3,5,7-8H2. The molecule has 0 aliphatic heterocycles. The lowest BCUT2D eigenvalue weighted by Crippen LogP contribution is -2.11. The Hall–Kier alpha value is -0.570. The first-order chi connectivity index (χ1) is 6.74. The summed E-state index contributed by atoms with van der Waals surface area (Å²) in [6, 6.07) is 7.49. The van der Waals surface area contributed by atoms with Gasteiger partial charge in [0.25, 0.3) is 0 Å². The van der Waals surface area contributed by atoms with Gasteiger partial charge in [-0.15, -0.1) is 0 Å². The van der Waals surface area contributed by atoms with E-state index in [1.165, 1.54) is 0 Å². The van der Waals surface area contributed by atoms with E-state index in [2.05, 4.69) is 0 Å². The van der Waals surface area contributed by atoms with Gasteiger partial charge in [0, 0.05) is 11.6 Å². The number of aliphatic hydroxyl groups excluding tert-OH is 2. The van der Waals surface area contributed by atoms with E-state index in [0.717, 1.165) is 5.56 Å². The van der Waals surface area contributed by atoms with Gasteiger partial charge in [-0.2, -0.15) is 0 Å². The molecule has 0 aliphatic carbocycles. The highest BCUT2D eigenvalue weighted by atomic mass is 35.5. The maximum atomic E-state index is 9.59. The highest BCUT2D eigenvalue weighted by molar-refractivity contribution is 6.31. The van der Waals surface area contributed by atoms with Crippen molar-refractivity contribution in [2.75, 3.05) is 6.61 Å². The summed E-state index contributed by atoms with van der Waals surface area (Å²) < 4.78 is 0. The Balaban J connectivity index is 2.47. The van der Waals surface area contributed by atoms with Gasteiger partial charge in [0.15, 0.2) is 0 Å². The molecule has 1 atom stereocenters. The zero-order chi connectivity index (χ0) is 10.4. The second kappa shape index (κ2) is 6.02. The van der Waals surface area contributed by atoms with Gasteiger partial charge in [-0.25, -0.2) is 0 Å². The fourth-order valence-electron chi connectivity index (χ4n) is 1.35. The average molecular weight is 215 g/mol. The maximum absolute atomic E-state index is 9.59. The quantitative estimate of drug-likeness (QED) is 0.788. The second-order valence-corrected chi connectivity index (χ2v) is 3.72. The first-order valence-electron chi connectivity index (χ1n) is 4.76. The molecule has 1 aromatic carbocycles. The van der Waals surface area contributed by atoms with E-state index in [1.54, 1.807) is 0 Å². The molecule has 0 bridgehead atoms. The first-order valence-corrected chi connectivity index (χ1v) is 5.14. The molecule has 1 unspecified atom stereocenters. The van der Waals surface area contributed by atoms with Crippen LogP contribution in [0.4, 0.5) is 0 Å². The molecule has 0 aliphatic rings. The minimum Gasteiger partial charge on any atom is -0.396 e. The molecule has 0 radical (unpaired) electrons. The Kier molecular flexibility index (Phi) is 4.94. The van der Waals surface area contributed by atoms with Crippen molar-refractivity contribution in [2.45, 2.75) is 25.4 Å². The Morgan fingerprint density at radius 2 is 2.00 bits per heavy atom. The van der Waals surface area contributed by atoms with Gasteiger partial charge in [0.05, 0.1) is 6.10 Å². The number of halogens is 1. The van der Waals surface area contributed by atoms with Crippen molar-refractivity contribution >= 4 is 11.6 Å². The lowest BCUT2D eigenvalue weighted by molar-refractivity contribution is 0.150. The third kappa shape index (κ3) is 3.66. The predicted octanol–water partition coefficient (Wildman–Crippen LogP) is 2.02. The number of hydrogen-bond donors (Lipinski definition) is 2. The molecule has 3 heteroatoms. The summed E-state index contributed by atoms with van der Waals surface area (Å²) in [5, 5.41) is 18.9. The number of hydrogen-bond acceptors (Lipinski definition) is 2. The third-order valence-electron chi connectivity index (χ3n) is 2.11. The normalized spacial score (nSPS) is 12.8. The summed E-state index contributed by atoms with van der Waals surface area (Å²) >= 11 is 5.94. The summed E-state index contributed by atoms with van der Waals surface area (Å²) in [6.07, 6.45) is 1.38. The average Bonchev–Trinajstić information content (AvgIpc) is 2.18. The van der Waals surface area contributed by atoms with Gasteiger partial charge < -0.3 is 10.2 Å². The van der Waals surface area contributed by atoms with Crippen LogP contribution in [0, 0.1) is 0 Å². The van der Waals surface area contributed by atoms with Crippen LogP contribution in [0.15, 0.2) is 24.3 Å². The topological polar surface area (TPSA) is 40.5 Å². The number of benzene rings is 1. The molecule has 0 amide bonds. The zero-order valence-electron chi connectivity index (χ0n) is 7.99. The summed E-state index contributed by atoms with van der Waals surface area (Å²) in [5.74, 6) is 0. The molecule has 2 N–H and O–H groups in total. The SMILES string of the molecule is OCCCC(O)Cc1ccccc1Cl. The molecule has 0 saturated carbocycles. The zero-order valence-corrected chi connectivity index (χ0v) is 8.74. The van der Waals surface area contributed by atoms with Crippen molar-refractivity contribution in [1.29, 1.82) is 0 Å². The van der Waals surface area contributed by atoms with E-state index < -0.39 is 6.10 Å². The van der Waals surface area contributed by atoms with Gasteiger partial charge in [-0.3, -0.25) is 0 Å². The van der Waals surface area contributed by atoms with E-state index >= 15 is 0 Å². The van der Waals surface area contributed by atoms with Crippen LogP contribution in [-0.2, 0) is 6.42 Å². The Morgan fingerprint density at radius 1 is 1.29 bits per heavy atom. The van der Waals surface area contributed by atoms with E-state index in [1.807, 2.05) is 24.3 Å². The predicted molar refractivity (Wildman–Crippen MR) is 57.5 cm³/mol. The lowest BCUT2D eigenvalue weighted by Gasteiger charge is -2.10. The van der Waals surface area contributed by atoms with Crippen molar-refractivity contribution in [3.63, 3.8) is 0 Å². The van der Waals surface area contributed by atoms with Gasteiger partial charge in [-0.05, 0) is 30.9 Å². The highest BCUT2D eigenvalue weighted by Crippen LogP contribution is 2.17. The Labute approximate surface area is 89.1 Å².